The molecule has 0 aromatic heterocycles. The van der Waals surface area contributed by atoms with Crippen molar-refractivity contribution in [3.05, 3.63) is 144 Å². The van der Waals surface area contributed by atoms with Crippen LogP contribution in [0.25, 0.3) is 0 Å². The van der Waals surface area contributed by atoms with E-state index in [9.17, 15) is 4.79 Å². The van der Waals surface area contributed by atoms with Gasteiger partial charge < -0.3 is 29.0 Å². The van der Waals surface area contributed by atoms with Crippen molar-refractivity contribution in [2.24, 2.45) is 0 Å². The number of carbonyl (C=O) groups excluding carboxylic acids is 1. The number of amides is 1. The van der Waals surface area contributed by atoms with Crippen molar-refractivity contribution in [2.75, 3.05) is 6.61 Å². The molecule has 7 nitrogen and oxygen atoms in total. The predicted octanol–water partition coefficient (Wildman–Crippen LogP) is 5.82. The van der Waals surface area contributed by atoms with E-state index in [4.69, 9.17) is 23.7 Å². The summed E-state index contributed by atoms with van der Waals surface area (Å²) in [5.74, 6) is -0.212. The molecule has 4 aromatic rings. The fourth-order valence-electron chi connectivity index (χ4n) is 5.12. The molecule has 0 spiro atoms. The Labute approximate surface area is 253 Å². The Morgan fingerprint density at radius 2 is 1.02 bits per heavy atom. The maximum Gasteiger partial charge on any atom is 0.217 e. The van der Waals surface area contributed by atoms with Crippen LogP contribution in [-0.4, -0.2) is 43.2 Å². The minimum Gasteiger partial charge on any atom is -0.374 e. The average molecular weight is 582 g/mol. The summed E-state index contributed by atoms with van der Waals surface area (Å²) in [5.41, 5.74) is 4.08. The number of nitrogens with one attached hydrogen (secondary N) is 1. The maximum absolute atomic E-state index is 12.5. The second kappa shape index (κ2) is 16.1. The quantitative estimate of drug-likeness (QED) is 0.202. The monoisotopic (exact) mass is 581 g/mol. The van der Waals surface area contributed by atoms with Crippen LogP contribution in [0.1, 0.15) is 29.2 Å². The molecule has 43 heavy (non-hydrogen) atoms. The minimum absolute atomic E-state index is 0.212. The van der Waals surface area contributed by atoms with Gasteiger partial charge in [-0.25, -0.2) is 0 Å². The van der Waals surface area contributed by atoms with Gasteiger partial charge in [0.05, 0.1) is 33.0 Å². The van der Waals surface area contributed by atoms with Gasteiger partial charge >= 0.3 is 0 Å². The molecule has 0 radical (unpaired) electrons. The molecule has 4 aromatic carbocycles. The van der Waals surface area contributed by atoms with Crippen LogP contribution < -0.4 is 5.32 Å². The van der Waals surface area contributed by atoms with E-state index in [1.165, 1.54) is 6.92 Å². The Balaban J connectivity index is 1.41. The minimum atomic E-state index is -0.799. The predicted molar refractivity (Wildman–Crippen MR) is 164 cm³/mol. The second-order valence-electron chi connectivity index (χ2n) is 10.6. The highest BCUT2D eigenvalue weighted by atomic mass is 16.7. The van der Waals surface area contributed by atoms with E-state index < -0.39 is 30.6 Å². The summed E-state index contributed by atoms with van der Waals surface area (Å²) >= 11 is 0. The van der Waals surface area contributed by atoms with Crippen LogP contribution in [-0.2, 0) is 54.9 Å². The molecule has 1 aliphatic rings. The van der Waals surface area contributed by atoms with Crippen molar-refractivity contribution >= 4 is 5.91 Å². The zero-order valence-corrected chi connectivity index (χ0v) is 24.4. The van der Waals surface area contributed by atoms with Gasteiger partial charge in [0.2, 0.25) is 5.91 Å². The lowest BCUT2D eigenvalue weighted by Gasteiger charge is -2.46. The maximum atomic E-state index is 12.5. The molecular weight excluding hydrogens is 542 g/mol. The average Bonchev–Trinajstić information content (AvgIpc) is 3.05. The molecule has 1 saturated heterocycles. The summed E-state index contributed by atoms with van der Waals surface area (Å²) < 4.78 is 32.3. The van der Waals surface area contributed by atoms with Gasteiger partial charge in [0.15, 0.2) is 6.29 Å². The van der Waals surface area contributed by atoms with Gasteiger partial charge in [-0.2, -0.15) is 0 Å². The highest BCUT2D eigenvalue weighted by Gasteiger charge is 2.48. The first-order valence-corrected chi connectivity index (χ1v) is 14.7. The van der Waals surface area contributed by atoms with Gasteiger partial charge in [-0.15, -0.1) is 0 Å². The lowest BCUT2D eigenvalue weighted by Crippen LogP contribution is -2.66. The molecule has 1 amide bonds. The second-order valence-corrected chi connectivity index (χ2v) is 10.6. The van der Waals surface area contributed by atoms with Crippen LogP contribution in [0.15, 0.2) is 121 Å². The van der Waals surface area contributed by atoms with Gasteiger partial charge in [-0.1, -0.05) is 121 Å². The van der Waals surface area contributed by atoms with E-state index in [0.717, 1.165) is 22.3 Å². The topological polar surface area (TPSA) is 75.3 Å². The van der Waals surface area contributed by atoms with Crippen LogP contribution in [0.2, 0.25) is 0 Å². The highest BCUT2D eigenvalue weighted by Crippen LogP contribution is 2.30. The standard InChI is InChI=1S/C36H39NO6/c1-27(38)37-33-35(41-24-30-18-10-4-11-19-30)34(40-23-29-16-8-3-9-17-29)32(26-39-22-28-14-6-2-7-15-28)43-36(33)42-25-31-20-12-5-13-21-31/h2-21,32-36H,22-26H2,1H3,(H,37,38)/t32-,33+,34+,35+,36?/m1/s1. The molecule has 1 unspecified atom stereocenters. The molecular formula is C36H39NO6. The Bertz CT molecular complexity index is 1360. The van der Waals surface area contributed by atoms with E-state index in [2.05, 4.69) is 5.32 Å². The molecule has 5 atom stereocenters. The Morgan fingerprint density at radius 3 is 1.49 bits per heavy atom. The van der Waals surface area contributed by atoms with Crippen molar-refractivity contribution in [3.63, 3.8) is 0 Å². The normalized spacial score (nSPS) is 21.7. The smallest absolute Gasteiger partial charge is 0.217 e. The Kier molecular flexibility index (Phi) is 11.5. The van der Waals surface area contributed by atoms with Crippen molar-refractivity contribution in [1.29, 1.82) is 0 Å². The third-order valence-electron chi connectivity index (χ3n) is 7.24. The van der Waals surface area contributed by atoms with Gasteiger partial charge in [0, 0.05) is 6.92 Å². The van der Waals surface area contributed by atoms with Gasteiger partial charge in [-0.3, -0.25) is 4.79 Å². The van der Waals surface area contributed by atoms with Crippen LogP contribution in [0.3, 0.4) is 0 Å². The molecule has 1 heterocycles. The summed E-state index contributed by atoms with van der Waals surface area (Å²) in [6.07, 6.45) is -2.48. The third-order valence-corrected chi connectivity index (χ3v) is 7.24. The molecule has 7 heteroatoms. The Hall–Kier alpha value is -3.85. The van der Waals surface area contributed by atoms with E-state index in [-0.39, 0.29) is 12.5 Å². The molecule has 1 N–H and O–H groups in total. The molecule has 0 aliphatic carbocycles. The van der Waals surface area contributed by atoms with Crippen LogP contribution in [0.5, 0.6) is 0 Å². The molecule has 0 bridgehead atoms. The zero-order valence-electron chi connectivity index (χ0n) is 24.4. The van der Waals surface area contributed by atoms with Gasteiger partial charge in [-0.05, 0) is 22.3 Å². The molecule has 0 saturated carbocycles. The summed E-state index contributed by atoms with van der Waals surface area (Å²) in [6, 6.07) is 39.1. The third kappa shape index (κ3) is 9.32. The summed E-state index contributed by atoms with van der Waals surface area (Å²) in [6.45, 7) is 3.13. The number of carbonyl (C=O) groups is 1. The largest absolute Gasteiger partial charge is 0.374 e. The van der Waals surface area contributed by atoms with Crippen molar-refractivity contribution in [3.8, 4) is 0 Å². The first-order valence-electron chi connectivity index (χ1n) is 14.7. The molecule has 1 fully saturated rings. The van der Waals surface area contributed by atoms with Gasteiger partial charge in [0.25, 0.3) is 0 Å². The first kappa shape index (κ1) is 30.6. The van der Waals surface area contributed by atoms with Crippen molar-refractivity contribution in [1.82, 2.24) is 5.32 Å². The van der Waals surface area contributed by atoms with Gasteiger partial charge in [0.1, 0.15) is 24.4 Å². The van der Waals surface area contributed by atoms with E-state index >= 15 is 0 Å². The highest BCUT2D eigenvalue weighted by molar-refractivity contribution is 5.73. The number of rotatable bonds is 14. The summed E-state index contributed by atoms with van der Waals surface area (Å²) in [7, 11) is 0. The van der Waals surface area contributed by atoms with Crippen LogP contribution in [0.4, 0.5) is 0 Å². The fraction of sp³-hybridized carbons (Fsp3) is 0.306. The Morgan fingerprint density at radius 1 is 0.605 bits per heavy atom. The molecule has 224 valence electrons. The molecule has 5 rings (SSSR count). The number of ether oxygens (including phenoxy) is 5. The number of hydrogen-bond acceptors (Lipinski definition) is 6. The van der Waals surface area contributed by atoms with E-state index in [0.29, 0.717) is 26.4 Å². The summed E-state index contributed by atoms with van der Waals surface area (Å²) in [4.78, 5) is 12.5. The molecule has 1 aliphatic heterocycles. The van der Waals surface area contributed by atoms with Crippen LogP contribution >= 0.6 is 0 Å². The fourth-order valence-corrected chi connectivity index (χ4v) is 5.12. The van der Waals surface area contributed by atoms with E-state index in [1.807, 2.05) is 121 Å². The zero-order chi connectivity index (χ0) is 29.7. The van der Waals surface area contributed by atoms with Crippen molar-refractivity contribution < 1.29 is 28.5 Å². The van der Waals surface area contributed by atoms with Crippen molar-refractivity contribution in [2.45, 2.75) is 64.0 Å². The SMILES string of the molecule is CC(=O)N[C@@H]1C(OCc2ccccc2)O[C@H](COCc2ccccc2)[C@H](OCc2ccccc2)[C@H]1OCc1ccccc1. The van der Waals surface area contributed by atoms with E-state index in [1.54, 1.807) is 0 Å². The number of benzene rings is 4. The number of hydrogen-bond donors (Lipinski definition) is 1. The lowest BCUT2D eigenvalue weighted by molar-refractivity contribution is -0.293. The lowest BCUT2D eigenvalue weighted by atomic mass is 9.95. The summed E-state index contributed by atoms with van der Waals surface area (Å²) in [5, 5.41) is 3.05. The van der Waals surface area contributed by atoms with Crippen LogP contribution in [0, 0.1) is 0 Å². The first-order chi connectivity index (χ1) is 21.2.